The topological polar surface area (TPSA) is 38.3 Å². The molecule has 0 radical (unpaired) electrons. The Balaban J connectivity index is 2.45. The third kappa shape index (κ3) is 3.67. The first-order valence-electron chi connectivity index (χ1n) is 6.95. The van der Waals surface area contributed by atoms with Crippen LogP contribution in [0.3, 0.4) is 0 Å². The lowest BCUT2D eigenvalue weighted by atomic mass is 9.95. The maximum Gasteiger partial charge on any atom is 0.320 e. The van der Waals surface area contributed by atoms with E-state index in [1.54, 1.807) is 0 Å². The van der Waals surface area contributed by atoms with E-state index in [2.05, 4.69) is 11.9 Å². The third-order valence-electron chi connectivity index (χ3n) is 2.88. The number of hydrogen-bond donors (Lipinski definition) is 1. The van der Waals surface area contributed by atoms with E-state index in [0.717, 1.165) is 38.5 Å². The number of carbonyl (C=O) groups is 1. The first-order chi connectivity index (χ1) is 8.37. The fourth-order valence-electron chi connectivity index (χ4n) is 2.14. The van der Waals surface area contributed by atoms with Crippen molar-refractivity contribution in [3.05, 3.63) is 12.7 Å². The minimum atomic E-state index is -2.30. The van der Waals surface area contributed by atoms with Crippen LogP contribution in [-0.4, -0.2) is 25.1 Å². The van der Waals surface area contributed by atoms with Crippen LogP contribution in [0.25, 0.3) is 0 Å². The number of carbonyl (C=O) groups excluding carboxylic acids is 1. The van der Waals surface area contributed by atoms with Gasteiger partial charge in [-0.3, -0.25) is 4.79 Å². The molecular weight excluding hydrogens is 190 g/mol. The Hall–Kier alpha value is -0.830. The first-order valence-corrected chi connectivity index (χ1v) is 5.45. The van der Waals surface area contributed by atoms with Crippen LogP contribution in [0.5, 0.6) is 0 Å². The zero-order valence-corrected chi connectivity index (χ0v) is 9.05. The monoisotopic (exact) mass is 214 g/mol. The standard InChI is InChI=1S/C12H21NO2/c1-3-4-7-12(8-5-6-9-12)15-11(14)10-13-2/h3,13H,1,4-10H2,2H3/i2D3. The molecule has 0 atom stereocenters. The number of likely N-dealkylation sites (N-methyl/N-ethyl adjacent to an activating group) is 1. The molecule has 15 heavy (non-hydrogen) atoms. The predicted octanol–water partition coefficient (Wildman–Crippen LogP) is 2.03. The zero-order valence-electron chi connectivity index (χ0n) is 12.1. The highest BCUT2D eigenvalue weighted by molar-refractivity contribution is 5.72. The van der Waals surface area contributed by atoms with Crippen LogP contribution in [-0.2, 0) is 9.53 Å². The Morgan fingerprint density at radius 3 is 3.00 bits per heavy atom. The highest BCUT2D eigenvalue weighted by Gasteiger charge is 2.36. The summed E-state index contributed by atoms with van der Waals surface area (Å²) in [6.07, 6.45) is 7.22. The smallest absolute Gasteiger partial charge is 0.320 e. The zero-order chi connectivity index (χ0) is 13.6. The van der Waals surface area contributed by atoms with Crippen LogP contribution in [0.1, 0.15) is 42.6 Å². The SMILES string of the molecule is [2H]C([2H])([2H])NCC(=O)OC1(CCC=C)CCCC1. The lowest BCUT2D eigenvalue weighted by Crippen LogP contribution is -2.35. The van der Waals surface area contributed by atoms with Crippen molar-refractivity contribution in [1.82, 2.24) is 5.32 Å². The van der Waals surface area contributed by atoms with Gasteiger partial charge in [0, 0.05) is 4.11 Å². The van der Waals surface area contributed by atoms with Gasteiger partial charge in [-0.2, -0.15) is 0 Å². The van der Waals surface area contributed by atoms with E-state index in [4.69, 9.17) is 8.85 Å². The first kappa shape index (κ1) is 8.34. The molecule has 0 heterocycles. The largest absolute Gasteiger partial charge is 0.458 e. The van der Waals surface area contributed by atoms with Crippen molar-refractivity contribution in [2.45, 2.75) is 44.1 Å². The fourth-order valence-corrected chi connectivity index (χ4v) is 2.14. The number of rotatable bonds is 6. The van der Waals surface area contributed by atoms with Crippen LogP contribution < -0.4 is 5.32 Å². The Labute approximate surface area is 96.1 Å². The van der Waals surface area contributed by atoms with Crippen molar-refractivity contribution >= 4 is 5.97 Å². The second-order valence-electron chi connectivity index (χ2n) is 4.05. The van der Waals surface area contributed by atoms with Crippen LogP contribution >= 0.6 is 0 Å². The maximum absolute atomic E-state index is 11.7. The molecule has 0 aromatic carbocycles. The molecule has 3 nitrogen and oxygen atoms in total. The lowest BCUT2D eigenvalue weighted by Gasteiger charge is -2.28. The maximum atomic E-state index is 11.7. The number of hydrogen-bond acceptors (Lipinski definition) is 3. The van der Waals surface area contributed by atoms with Crippen molar-refractivity contribution in [1.29, 1.82) is 0 Å². The van der Waals surface area contributed by atoms with Crippen molar-refractivity contribution in [3.8, 4) is 0 Å². The summed E-state index contributed by atoms with van der Waals surface area (Å²) >= 11 is 0. The summed E-state index contributed by atoms with van der Waals surface area (Å²) in [7, 11) is 0. The second-order valence-corrected chi connectivity index (χ2v) is 4.05. The van der Waals surface area contributed by atoms with Gasteiger partial charge in [0.15, 0.2) is 0 Å². The molecule has 0 aromatic heterocycles. The molecule has 1 rings (SSSR count). The summed E-state index contributed by atoms with van der Waals surface area (Å²) in [5, 5.41) is 2.17. The van der Waals surface area contributed by atoms with Gasteiger partial charge in [-0.05, 0) is 45.5 Å². The normalized spacial score (nSPS) is 22.5. The van der Waals surface area contributed by atoms with Crippen molar-refractivity contribution in [2.24, 2.45) is 0 Å². The summed E-state index contributed by atoms with van der Waals surface area (Å²) in [5.41, 5.74) is -0.401. The van der Waals surface area contributed by atoms with E-state index in [0.29, 0.717) is 0 Å². The van der Waals surface area contributed by atoms with E-state index < -0.39 is 18.5 Å². The molecule has 1 aliphatic rings. The molecule has 0 saturated heterocycles. The van der Waals surface area contributed by atoms with Gasteiger partial charge >= 0.3 is 5.97 Å². The predicted molar refractivity (Wildman–Crippen MR) is 60.6 cm³/mol. The van der Waals surface area contributed by atoms with Crippen molar-refractivity contribution < 1.29 is 13.6 Å². The number of ether oxygens (including phenoxy) is 1. The molecule has 1 saturated carbocycles. The Kier molecular flexibility index (Phi) is 3.28. The van der Waals surface area contributed by atoms with E-state index in [1.807, 2.05) is 6.08 Å². The molecule has 0 spiro atoms. The molecule has 1 N–H and O–H groups in total. The summed E-state index contributed by atoms with van der Waals surface area (Å²) in [4.78, 5) is 11.7. The van der Waals surface area contributed by atoms with Crippen LogP contribution in [0.15, 0.2) is 12.7 Å². The van der Waals surface area contributed by atoms with Crippen LogP contribution in [0.4, 0.5) is 0 Å². The molecular formula is C12H21NO2. The highest BCUT2D eigenvalue weighted by atomic mass is 16.6. The number of nitrogens with one attached hydrogen (secondary N) is 1. The van der Waals surface area contributed by atoms with Gasteiger partial charge in [0.1, 0.15) is 5.60 Å². The van der Waals surface area contributed by atoms with Gasteiger partial charge in [0.05, 0.1) is 6.54 Å². The van der Waals surface area contributed by atoms with Gasteiger partial charge in [0.25, 0.3) is 0 Å². The van der Waals surface area contributed by atoms with E-state index >= 15 is 0 Å². The minimum absolute atomic E-state index is 0.271. The third-order valence-corrected chi connectivity index (χ3v) is 2.88. The quantitative estimate of drug-likeness (QED) is 0.543. The molecule has 0 aliphatic heterocycles. The molecule has 86 valence electrons. The number of allylic oxidation sites excluding steroid dienone is 1. The molecule has 0 amide bonds. The fraction of sp³-hybridized carbons (Fsp3) is 0.750. The summed E-state index contributed by atoms with van der Waals surface area (Å²) < 4.78 is 26.4. The summed E-state index contributed by atoms with van der Waals surface area (Å²) in [6.45, 7) is 1.10. The van der Waals surface area contributed by atoms with E-state index in [1.165, 1.54) is 0 Å². The van der Waals surface area contributed by atoms with Crippen LogP contribution in [0, 0.1) is 0 Å². The average molecular weight is 214 g/mol. The van der Waals surface area contributed by atoms with E-state index in [-0.39, 0.29) is 6.54 Å². The van der Waals surface area contributed by atoms with Gasteiger partial charge in [-0.1, -0.05) is 6.08 Å². The van der Waals surface area contributed by atoms with E-state index in [9.17, 15) is 4.79 Å². The molecule has 3 heteroatoms. The van der Waals surface area contributed by atoms with Gasteiger partial charge in [-0.25, -0.2) is 0 Å². The Morgan fingerprint density at radius 1 is 1.67 bits per heavy atom. The highest BCUT2D eigenvalue weighted by Crippen LogP contribution is 2.37. The molecule has 1 aliphatic carbocycles. The summed E-state index contributed by atoms with van der Waals surface area (Å²) in [6, 6.07) is 0. The van der Waals surface area contributed by atoms with Gasteiger partial charge in [0.2, 0.25) is 0 Å². The van der Waals surface area contributed by atoms with Gasteiger partial charge < -0.3 is 10.1 Å². The Bertz CT molecular complexity index is 296. The molecule has 0 unspecified atom stereocenters. The van der Waals surface area contributed by atoms with Crippen molar-refractivity contribution in [3.63, 3.8) is 0 Å². The second kappa shape index (κ2) is 5.91. The van der Waals surface area contributed by atoms with Crippen molar-refractivity contribution in [2.75, 3.05) is 13.5 Å². The van der Waals surface area contributed by atoms with Crippen LogP contribution in [0.2, 0.25) is 0 Å². The number of esters is 1. The molecule has 0 aromatic rings. The average Bonchev–Trinajstić information content (AvgIpc) is 2.72. The Morgan fingerprint density at radius 2 is 2.40 bits per heavy atom. The summed E-state index contributed by atoms with van der Waals surface area (Å²) in [5.74, 6) is -0.489. The minimum Gasteiger partial charge on any atom is -0.458 e. The molecule has 0 bridgehead atoms. The molecule has 1 fully saturated rings. The van der Waals surface area contributed by atoms with Gasteiger partial charge in [-0.15, -0.1) is 6.58 Å². The lowest BCUT2D eigenvalue weighted by molar-refractivity contribution is -0.158.